The maximum Gasteiger partial charge on any atom is 0.328 e. The fraction of sp³-hybridized carbons (Fsp3) is 0.500. The van der Waals surface area contributed by atoms with E-state index in [0.29, 0.717) is 37.2 Å². The highest BCUT2D eigenvalue weighted by atomic mass is 32.2. The summed E-state index contributed by atoms with van der Waals surface area (Å²) in [5.74, 6) is -1.48. The average molecular weight is 368 g/mol. The Kier molecular flexibility index (Phi) is 4.70. The summed E-state index contributed by atoms with van der Waals surface area (Å²) in [6, 6.07) is 3.84. The van der Waals surface area contributed by atoms with Gasteiger partial charge in [0, 0.05) is 18.7 Å². The molecule has 136 valence electrons. The number of hydrogen-bond acceptors (Lipinski definition) is 5. The Hall–Kier alpha value is -2.13. The quantitative estimate of drug-likeness (QED) is 0.824. The monoisotopic (exact) mass is 368 g/mol. The SMILES string of the molecule is CS(=O)(=O)N1CCCc2cc(C(=O)N3CCOC[C@@H]3C(=O)O)ccc21. The number of carboxylic acid groups (broad SMARTS) is 1. The normalized spacial score (nSPS) is 20.9. The molecule has 1 aromatic rings. The minimum Gasteiger partial charge on any atom is -0.480 e. The number of rotatable bonds is 3. The number of benzene rings is 1. The molecule has 2 aliphatic heterocycles. The van der Waals surface area contributed by atoms with Crippen molar-refractivity contribution in [1.82, 2.24) is 4.90 Å². The van der Waals surface area contributed by atoms with E-state index in [-0.39, 0.29) is 19.1 Å². The Bertz CT molecular complexity index is 807. The van der Waals surface area contributed by atoms with Crippen molar-refractivity contribution in [3.05, 3.63) is 29.3 Å². The summed E-state index contributed by atoms with van der Waals surface area (Å²) in [6.07, 6.45) is 2.51. The zero-order valence-corrected chi connectivity index (χ0v) is 14.7. The molecular weight excluding hydrogens is 348 g/mol. The molecule has 9 heteroatoms. The Labute approximate surface area is 146 Å². The lowest BCUT2D eigenvalue weighted by Gasteiger charge is -2.33. The van der Waals surface area contributed by atoms with Crippen molar-refractivity contribution in [3.8, 4) is 0 Å². The molecule has 2 aliphatic rings. The van der Waals surface area contributed by atoms with Crippen LogP contribution in [0.2, 0.25) is 0 Å². The topological polar surface area (TPSA) is 104 Å². The van der Waals surface area contributed by atoms with Crippen LogP contribution in [-0.2, 0) is 26.0 Å². The highest BCUT2D eigenvalue weighted by molar-refractivity contribution is 7.92. The molecule has 8 nitrogen and oxygen atoms in total. The van der Waals surface area contributed by atoms with Crippen molar-refractivity contribution in [1.29, 1.82) is 0 Å². The summed E-state index contributed by atoms with van der Waals surface area (Å²) < 4.78 is 30.3. The maximum atomic E-state index is 12.8. The molecule has 0 radical (unpaired) electrons. The van der Waals surface area contributed by atoms with Gasteiger partial charge in [-0.05, 0) is 36.6 Å². The van der Waals surface area contributed by atoms with Crippen LogP contribution in [0.5, 0.6) is 0 Å². The number of carbonyl (C=O) groups is 2. The van der Waals surface area contributed by atoms with Crippen LogP contribution in [-0.4, -0.2) is 68.9 Å². The molecule has 0 aliphatic carbocycles. The summed E-state index contributed by atoms with van der Waals surface area (Å²) in [5.41, 5.74) is 1.73. The van der Waals surface area contributed by atoms with E-state index in [1.165, 1.54) is 9.21 Å². The number of morpholine rings is 1. The van der Waals surface area contributed by atoms with Gasteiger partial charge in [-0.15, -0.1) is 0 Å². The molecule has 2 heterocycles. The van der Waals surface area contributed by atoms with E-state index in [1.807, 2.05) is 0 Å². The first kappa shape index (κ1) is 17.7. The lowest BCUT2D eigenvalue weighted by atomic mass is 10.00. The minimum atomic E-state index is -3.37. The summed E-state index contributed by atoms with van der Waals surface area (Å²) in [6.45, 7) is 0.891. The third-order valence-electron chi connectivity index (χ3n) is 4.48. The zero-order valence-electron chi connectivity index (χ0n) is 13.8. The number of aryl methyl sites for hydroxylation is 1. The van der Waals surface area contributed by atoms with Crippen LogP contribution < -0.4 is 4.31 Å². The molecule has 1 fully saturated rings. The molecule has 1 atom stereocenters. The Balaban J connectivity index is 1.91. The van der Waals surface area contributed by atoms with E-state index in [1.54, 1.807) is 18.2 Å². The van der Waals surface area contributed by atoms with Gasteiger partial charge in [0.05, 0.1) is 25.2 Å². The molecule has 0 spiro atoms. The fourth-order valence-electron chi connectivity index (χ4n) is 3.26. The van der Waals surface area contributed by atoms with E-state index in [4.69, 9.17) is 4.74 Å². The molecule has 3 rings (SSSR count). The molecule has 0 aromatic heterocycles. The molecule has 1 N–H and O–H groups in total. The van der Waals surface area contributed by atoms with Gasteiger partial charge in [0.1, 0.15) is 0 Å². The highest BCUT2D eigenvalue weighted by Gasteiger charge is 2.34. The largest absolute Gasteiger partial charge is 0.480 e. The van der Waals surface area contributed by atoms with Crippen LogP contribution in [0.3, 0.4) is 0 Å². The molecule has 0 unspecified atom stereocenters. The Morgan fingerprint density at radius 2 is 2.04 bits per heavy atom. The van der Waals surface area contributed by atoms with Crippen LogP contribution in [0.4, 0.5) is 5.69 Å². The number of carbonyl (C=O) groups excluding carboxylic acids is 1. The van der Waals surface area contributed by atoms with Gasteiger partial charge in [0.2, 0.25) is 10.0 Å². The first-order chi connectivity index (χ1) is 11.8. The van der Waals surface area contributed by atoms with Crippen molar-refractivity contribution >= 4 is 27.6 Å². The molecule has 1 saturated heterocycles. The second-order valence-electron chi connectivity index (χ2n) is 6.21. The highest BCUT2D eigenvalue weighted by Crippen LogP contribution is 2.30. The third-order valence-corrected chi connectivity index (χ3v) is 5.66. The predicted octanol–water partition coefficient (Wildman–Crippen LogP) is 0.324. The van der Waals surface area contributed by atoms with Gasteiger partial charge in [-0.3, -0.25) is 9.10 Å². The first-order valence-corrected chi connectivity index (χ1v) is 9.86. The summed E-state index contributed by atoms with van der Waals surface area (Å²) >= 11 is 0. The van der Waals surface area contributed by atoms with Gasteiger partial charge >= 0.3 is 5.97 Å². The van der Waals surface area contributed by atoms with Crippen LogP contribution >= 0.6 is 0 Å². The van der Waals surface area contributed by atoms with Crippen LogP contribution in [0.1, 0.15) is 22.3 Å². The van der Waals surface area contributed by atoms with Crippen LogP contribution in [0, 0.1) is 0 Å². The lowest BCUT2D eigenvalue weighted by molar-refractivity contribution is -0.147. The molecule has 1 aromatic carbocycles. The number of sulfonamides is 1. The predicted molar refractivity (Wildman–Crippen MR) is 90.2 cm³/mol. The van der Waals surface area contributed by atoms with Gasteiger partial charge in [-0.1, -0.05) is 0 Å². The molecular formula is C16H20N2O6S. The standard InChI is InChI=1S/C16H20N2O6S/c1-25(22,23)18-6-2-3-11-9-12(4-5-13(11)18)15(19)17-7-8-24-10-14(17)16(20)21/h4-5,9,14H,2-3,6-8,10H2,1H3,(H,20,21)/t14-/m1/s1. The number of carboxylic acids is 1. The third kappa shape index (κ3) is 3.47. The molecule has 0 bridgehead atoms. The minimum absolute atomic E-state index is 0.0339. The number of nitrogens with zero attached hydrogens (tertiary/aromatic N) is 2. The number of aliphatic carboxylic acids is 1. The van der Waals surface area contributed by atoms with Crippen LogP contribution in [0.15, 0.2) is 18.2 Å². The van der Waals surface area contributed by atoms with E-state index >= 15 is 0 Å². The molecule has 1 amide bonds. The Morgan fingerprint density at radius 1 is 1.28 bits per heavy atom. The lowest BCUT2D eigenvalue weighted by Crippen LogP contribution is -2.52. The summed E-state index contributed by atoms with van der Waals surface area (Å²) in [5, 5.41) is 9.27. The second kappa shape index (κ2) is 6.64. The molecule has 0 saturated carbocycles. The second-order valence-corrected chi connectivity index (χ2v) is 8.12. The first-order valence-electron chi connectivity index (χ1n) is 8.01. The maximum absolute atomic E-state index is 12.8. The van der Waals surface area contributed by atoms with Gasteiger partial charge < -0.3 is 14.7 Å². The summed E-state index contributed by atoms with van der Waals surface area (Å²) in [7, 11) is -3.37. The average Bonchev–Trinajstić information content (AvgIpc) is 2.59. The van der Waals surface area contributed by atoms with E-state index in [9.17, 15) is 23.1 Å². The Morgan fingerprint density at radius 3 is 2.72 bits per heavy atom. The van der Waals surface area contributed by atoms with E-state index in [0.717, 1.165) is 11.8 Å². The van der Waals surface area contributed by atoms with Crippen molar-refractivity contribution in [2.75, 3.05) is 36.9 Å². The smallest absolute Gasteiger partial charge is 0.328 e. The number of ether oxygens (including phenoxy) is 1. The van der Waals surface area contributed by atoms with Gasteiger partial charge in [-0.25, -0.2) is 13.2 Å². The molecule has 25 heavy (non-hydrogen) atoms. The van der Waals surface area contributed by atoms with Crippen molar-refractivity contribution in [3.63, 3.8) is 0 Å². The van der Waals surface area contributed by atoms with Gasteiger partial charge in [0.15, 0.2) is 6.04 Å². The number of hydrogen-bond donors (Lipinski definition) is 1. The van der Waals surface area contributed by atoms with Crippen molar-refractivity contribution in [2.24, 2.45) is 0 Å². The number of amides is 1. The fourth-order valence-corrected chi connectivity index (χ4v) is 4.25. The summed E-state index contributed by atoms with van der Waals surface area (Å²) in [4.78, 5) is 25.4. The van der Waals surface area contributed by atoms with Crippen LogP contribution in [0.25, 0.3) is 0 Å². The van der Waals surface area contributed by atoms with Crippen molar-refractivity contribution in [2.45, 2.75) is 18.9 Å². The van der Waals surface area contributed by atoms with Gasteiger partial charge in [0.25, 0.3) is 5.91 Å². The number of fused-ring (bicyclic) bond motifs is 1. The zero-order chi connectivity index (χ0) is 18.2. The van der Waals surface area contributed by atoms with E-state index in [2.05, 4.69) is 0 Å². The van der Waals surface area contributed by atoms with Gasteiger partial charge in [-0.2, -0.15) is 0 Å². The van der Waals surface area contributed by atoms with Crippen molar-refractivity contribution < 1.29 is 27.9 Å². The van der Waals surface area contributed by atoms with E-state index < -0.39 is 22.0 Å². The number of anilines is 1.